The first-order chi connectivity index (χ1) is 22.1. The average Bonchev–Trinajstić information content (AvgIpc) is 3.61. The Hall–Kier alpha value is -0.770. The number of carbonyl (C=O) groups excluding carboxylic acids is 1. The first kappa shape index (κ1) is 35.6. The van der Waals surface area contributed by atoms with Crippen LogP contribution in [0, 0.1) is 50.7 Å². The highest BCUT2D eigenvalue weighted by molar-refractivity contribution is 5.66. The quantitative estimate of drug-likeness (QED) is 0.327. The number of ether oxygens (including phenoxy) is 4. The Morgan fingerprint density at radius 2 is 1.65 bits per heavy atom. The zero-order valence-electron chi connectivity index (χ0n) is 31.9. The summed E-state index contributed by atoms with van der Waals surface area (Å²) in [7, 11) is 0. The van der Waals surface area contributed by atoms with Crippen molar-refractivity contribution in [1.29, 1.82) is 0 Å². The molecular weight excluding hydrogens is 606 g/mol. The van der Waals surface area contributed by atoms with Gasteiger partial charge in [-0.25, -0.2) is 0 Å². The molecule has 5 saturated carbocycles. The highest BCUT2D eigenvalue weighted by atomic mass is 16.7. The standard InChI is InChI=1S/C40H67NO7/c1-23-20-25(33(36(8,9)44)46-24(2)42)47-31-30(23)37(10)16-17-40-22-39(40)15-14-28(48-29-21-41(18-19-45-29)34(3,4)5)35(6,7)26(39)12-13-27(40)38(37,11)32(31)43/h23,25-33,43-44H,12-22H2,1-11H3/t23-,25-,26+,27+,28+,29+,30+,31+,32+,33+,37-,38-,39-,40+/m1/s1. The Morgan fingerprint density at radius 1 is 0.979 bits per heavy atom. The molecule has 2 spiro atoms. The molecule has 0 bridgehead atoms. The number of aliphatic hydroxyl groups excluding tert-OH is 1. The van der Waals surface area contributed by atoms with E-state index in [4.69, 9.17) is 18.9 Å². The lowest BCUT2D eigenvalue weighted by atomic mass is 9.41. The third-order valence-electron chi connectivity index (χ3n) is 16.4. The average molecular weight is 674 g/mol. The molecule has 7 rings (SSSR count). The summed E-state index contributed by atoms with van der Waals surface area (Å²) in [4.78, 5) is 14.6. The molecule has 0 amide bonds. The van der Waals surface area contributed by atoms with Gasteiger partial charge in [0.1, 0.15) is 0 Å². The van der Waals surface area contributed by atoms with E-state index in [1.165, 1.54) is 32.6 Å². The number of fused-ring (bicyclic) bond motifs is 4. The van der Waals surface area contributed by atoms with E-state index in [-0.39, 0.29) is 57.5 Å². The highest BCUT2D eigenvalue weighted by Crippen LogP contribution is 2.89. The summed E-state index contributed by atoms with van der Waals surface area (Å²) in [5.41, 5.74) is -0.828. The van der Waals surface area contributed by atoms with E-state index in [0.717, 1.165) is 39.0 Å². The van der Waals surface area contributed by atoms with E-state index in [9.17, 15) is 15.0 Å². The van der Waals surface area contributed by atoms with Crippen molar-refractivity contribution >= 4 is 5.97 Å². The minimum Gasteiger partial charge on any atom is -0.457 e. The van der Waals surface area contributed by atoms with Crippen LogP contribution in [0.5, 0.6) is 0 Å². The van der Waals surface area contributed by atoms with Crippen LogP contribution in [0.15, 0.2) is 0 Å². The molecule has 2 heterocycles. The number of esters is 1. The van der Waals surface area contributed by atoms with E-state index >= 15 is 0 Å². The maximum absolute atomic E-state index is 12.6. The second kappa shape index (κ2) is 11.1. The minimum absolute atomic E-state index is 0.0489. The minimum atomic E-state index is -1.25. The van der Waals surface area contributed by atoms with Crippen molar-refractivity contribution in [2.75, 3.05) is 19.7 Å². The number of hydrogen-bond acceptors (Lipinski definition) is 8. The predicted octanol–water partition coefficient (Wildman–Crippen LogP) is 6.34. The Bertz CT molecular complexity index is 1270. The number of nitrogens with zero attached hydrogens (tertiary/aromatic N) is 1. The van der Waals surface area contributed by atoms with Gasteiger partial charge in [0.15, 0.2) is 12.4 Å². The topological polar surface area (TPSA) is 97.7 Å². The van der Waals surface area contributed by atoms with Gasteiger partial charge in [-0.2, -0.15) is 0 Å². The van der Waals surface area contributed by atoms with Gasteiger partial charge in [-0.05, 0) is 131 Å². The molecule has 8 heteroatoms. The molecule has 0 aromatic carbocycles. The lowest BCUT2D eigenvalue weighted by Gasteiger charge is -2.64. The number of aliphatic hydroxyl groups is 2. The molecule has 0 unspecified atom stereocenters. The maximum atomic E-state index is 12.6. The monoisotopic (exact) mass is 673 g/mol. The molecule has 2 aliphatic heterocycles. The first-order valence-corrected chi connectivity index (χ1v) is 19.4. The van der Waals surface area contributed by atoms with Crippen LogP contribution in [-0.2, 0) is 23.7 Å². The van der Waals surface area contributed by atoms with Gasteiger partial charge in [-0.1, -0.05) is 34.6 Å². The molecule has 7 aliphatic rings. The molecule has 0 radical (unpaired) electrons. The summed E-state index contributed by atoms with van der Waals surface area (Å²) >= 11 is 0. The molecule has 2 saturated heterocycles. The largest absolute Gasteiger partial charge is 0.457 e. The van der Waals surface area contributed by atoms with Gasteiger partial charge in [-0.3, -0.25) is 9.69 Å². The van der Waals surface area contributed by atoms with E-state index in [1.807, 2.05) is 0 Å². The number of rotatable bonds is 5. The van der Waals surface area contributed by atoms with Gasteiger partial charge in [0.2, 0.25) is 0 Å². The van der Waals surface area contributed by atoms with E-state index in [0.29, 0.717) is 23.7 Å². The van der Waals surface area contributed by atoms with Crippen LogP contribution in [0.2, 0.25) is 0 Å². The Labute approximate surface area is 290 Å². The fourth-order valence-electron chi connectivity index (χ4n) is 14.1. The van der Waals surface area contributed by atoms with Gasteiger partial charge in [0.25, 0.3) is 0 Å². The van der Waals surface area contributed by atoms with Crippen molar-refractivity contribution in [3.63, 3.8) is 0 Å². The lowest BCUT2D eigenvalue weighted by molar-refractivity contribution is -0.253. The fraction of sp³-hybridized carbons (Fsp3) is 0.975. The Balaban J connectivity index is 1.13. The van der Waals surface area contributed by atoms with Crippen molar-refractivity contribution in [3.05, 3.63) is 0 Å². The smallest absolute Gasteiger partial charge is 0.303 e. The van der Waals surface area contributed by atoms with Gasteiger partial charge in [0.05, 0.1) is 43.2 Å². The van der Waals surface area contributed by atoms with Gasteiger partial charge < -0.3 is 29.2 Å². The van der Waals surface area contributed by atoms with Crippen molar-refractivity contribution in [1.82, 2.24) is 4.90 Å². The molecule has 274 valence electrons. The van der Waals surface area contributed by atoms with Gasteiger partial charge in [0, 0.05) is 24.4 Å². The maximum Gasteiger partial charge on any atom is 0.303 e. The Kier molecular flexibility index (Phi) is 8.25. The van der Waals surface area contributed by atoms with Crippen LogP contribution in [0.25, 0.3) is 0 Å². The van der Waals surface area contributed by atoms with Crippen LogP contribution >= 0.6 is 0 Å². The third kappa shape index (κ3) is 4.84. The molecule has 8 nitrogen and oxygen atoms in total. The number of hydrogen-bond donors (Lipinski definition) is 2. The Morgan fingerprint density at radius 3 is 2.29 bits per heavy atom. The van der Waals surface area contributed by atoms with E-state index in [2.05, 4.69) is 60.3 Å². The molecule has 48 heavy (non-hydrogen) atoms. The molecule has 0 aromatic rings. The molecular formula is C40H67NO7. The second-order valence-electron chi connectivity index (χ2n) is 20.3. The van der Waals surface area contributed by atoms with E-state index in [1.54, 1.807) is 13.8 Å². The van der Waals surface area contributed by atoms with Crippen molar-refractivity contribution in [2.45, 2.75) is 175 Å². The van der Waals surface area contributed by atoms with E-state index < -0.39 is 29.9 Å². The zero-order valence-corrected chi connectivity index (χ0v) is 31.9. The summed E-state index contributed by atoms with van der Waals surface area (Å²) in [5, 5.41) is 23.6. The molecule has 14 atom stereocenters. The van der Waals surface area contributed by atoms with Gasteiger partial charge >= 0.3 is 5.97 Å². The summed E-state index contributed by atoms with van der Waals surface area (Å²) in [6, 6.07) is 0. The molecule has 7 fully saturated rings. The lowest BCUT2D eigenvalue weighted by Crippen LogP contribution is -2.60. The van der Waals surface area contributed by atoms with Crippen LogP contribution in [-0.4, -0.2) is 88.7 Å². The van der Waals surface area contributed by atoms with Crippen molar-refractivity contribution in [2.24, 2.45) is 50.7 Å². The highest BCUT2D eigenvalue weighted by Gasteiger charge is 2.84. The van der Waals surface area contributed by atoms with Crippen LogP contribution in [0.1, 0.15) is 128 Å². The summed E-state index contributed by atoms with van der Waals surface area (Å²) in [6.07, 6.45) is 6.78. The van der Waals surface area contributed by atoms with Crippen LogP contribution in [0.4, 0.5) is 0 Å². The SMILES string of the molecule is CC(=O)O[C@@H]([C@H]1C[C@@H](C)[C@H]2[C@H](O1)[C@H](O)[C@@]1(C)[C@@H]3CC[C@H]4C(C)(C)[C@@H](O[C@H]5CN(C(C)(C)C)CCO5)CC[C@@]45C[C@@]35CC[C@]21C)C(C)(C)O. The van der Waals surface area contributed by atoms with Crippen LogP contribution in [0.3, 0.4) is 0 Å². The van der Waals surface area contributed by atoms with Crippen LogP contribution < -0.4 is 0 Å². The fourth-order valence-corrected chi connectivity index (χ4v) is 14.1. The predicted molar refractivity (Wildman–Crippen MR) is 184 cm³/mol. The summed E-state index contributed by atoms with van der Waals surface area (Å²) in [5.74, 6) is 1.13. The number of morpholine rings is 1. The summed E-state index contributed by atoms with van der Waals surface area (Å²) in [6.45, 7) is 26.2. The van der Waals surface area contributed by atoms with Gasteiger partial charge in [-0.15, -0.1) is 0 Å². The molecule has 2 N–H and O–H groups in total. The normalized spacial score (nSPS) is 50.6. The molecule has 5 aliphatic carbocycles. The zero-order chi connectivity index (χ0) is 35.0. The molecule has 0 aromatic heterocycles. The number of carbonyl (C=O) groups is 1. The second-order valence-corrected chi connectivity index (χ2v) is 20.3. The van der Waals surface area contributed by atoms with Crippen molar-refractivity contribution in [3.8, 4) is 0 Å². The first-order valence-electron chi connectivity index (χ1n) is 19.4. The third-order valence-corrected chi connectivity index (χ3v) is 16.4. The van der Waals surface area contributed by atoms with Crippen molar-refractivity contribution < 1.29 is 34.0 Å². The summed E-state index contributed by atoms with van der Waals surface area (Å²) < 4.78 is 25.7.